The Morgan fingerprint density at radius 3 is 1.26 bits per heavy atom. The van der Waals surface area contributed by atoms with Gasteiger partial charge in [-0.05, 0) is 66.6 Å². The number of aliphatic hydroxyl groups is 8. The normalized spacial score (nSPS) is 19.2. The van der Waals surface area contributed by atoms with E-state index >= 15 is 0 Å². The highest BCUT2D eigenvalue weighted by Crippen LogP contribution is 2.55. The lowest BCUT2D eigenvalue weighted by Crippen LogP contribution is -2.51. The number of aromatic hydroxyl groups is 2. The number of aliphatic hydroxyl groups excluding tert-OH is 8. The SMILES string of the molecule is COc1cc(=O)c2c(=O)c3c(c(=O)c=2c1=O)=C(O)C1(CCc2cc4cc(C(O)C(O)C(O)C(C)O)[nH]c(=O)c4c(O)c21)C=3O.COc1cc(=O)c2c(=O)c3c(c(=O)c=2c1=O)=C(O)C1(CCc2cc4cc(C=O)[nH]c(=O)c4c(O)c21)C=3O. The van der Waals surface area contributed by atoms with Crippen molar-refractivity contribution in [2.45, 2.75) is 67.9 Å². The Kier molecular flexibility index (Phi) is 11.7. The molecule has 12 rings (SSSR count). The number of methoxy groups -OCH3 is 2. The Labute approximate surface area is 444 Å². The lowest BCUT2D eigenvalue weighted by Gasteiger charge is -2.27. The first-order valence-electron chi connectivity index (χ1n) is 24.4. The van der Waals surface area contributed by atoms with E-state index in [1.165, 1.54) is 31.2 Å². The number of phenols is 2. The second-order valence-electron chi connectivity index (χ2n) is 20.2. The summed E-state index contributed by atoms with van der Waals surface area (Å²) >= 11 is 0. The van der Waals surface area contributed by atoms with E-state index < -0.39 is 178 Å². The van der Waals surface area contributed by atoms with Crippen LogP contribution < -0.4 is 84.9 Å². The van der Waals surface area contributed by atoms with Crippen molar-refractivity contribution in [3.8, 4) is 23.0 Å². The van der Waals surface area contributed by atoms with Crippen LogP contribution in [-0.4, -0.2) is 99.9 Å². The Bertz CT molecular complexity index is 5310. The number of benzene rings is 2. The van der Waals surface area contributed by atoms with Gasteiger partial charge in [0.2, 0.25) is 32.6 Å². The first-order valence-corrected chi connectivity index (χ1v) is 24.4. The van der Waals surface area contributed by atoms with Crippen LogP contribution in [0.3, 0.4) is 0 Å². The molecule has 6 unspecified atom stereocenters. The maximum atomic E-state index is 13.6. The van der Waals surface area contributed by atoms with Gasteiger partial charge in [-0.25, -0.2) is 0 Å². The maximum Gasteiger partial charge on any atom is 0.260 e. The molecule has 0 fully saturated rings. The number of carbonyl (C=O) groups excluding carboxylic acids is 1. The molecule has 4 aromatic rings. The summed E-state index contributed by atoms with van der Waals surface area (Å²) in [6, 6.07) is 7.00. The van der Waals surface area contributed by atoms with Gasteiger partial charge < -0.3 is 70.5 Å². The summed E-state index contributed by atoms with van der Waals surface area (Å²) in [6.45, 7) is 1.19. The average molecular weight is 1110 g/mol. The molecular formula is C56H40N2O23. The van der Waals surface area contributed by atoms with E-state index in [1.54, 1.807) is 0 Å². The van der Waals surface area contributed by atoms with Crippen LogP contribution in [0, 0.1) is 20.9 Å². The van der Waals surface area contributed by atoms with Gasteiger partial charge in [-0.2, -0.15) is 0 Å². The molecule has 12 N–H and O–H groups in total. The Morgan fingerprint density at radius 2 is 0.877 bits per heavy atom. The number of H-pyrrole nitrogens is 2. The number of ether oxygens (including phenoxy) is 2. The van der Waals surface area contributed by atoms with Crippen LogP contribution >= 0.6 is 0 Å². The molecule has 8 aliphatic carbocycles. The zero-order valence-corrected chi connectivity index (χ0v) is 42.0. The number of nitrogens with one attached hydrogen (secondary N) is 2. The summed E-state index contributed by atoms with van der Waals surface area (Å²) in [5.74, 6) is -5.55. The Balaban J connectivity index is 0.000000173. The molecule has 0 radical (unpaired) electrons. The van der Waals surface area contributed by atoms with E-state index in [4.69, 9.17) is 9.47 Å². The highest BCUT2D eigenvalue weighted by molar-refractivity contribution is 5.97. The average Bonchev–Trinajstić information content (AvgIpc) is 1.80. The standard InChI is InChI=1S/C30H25NO13.C26H15NO10/c1-8(32)20(34)26(40)21(35)11-6-10-5-9-3-4-30(19(9)25(39)14(10)29(43)31-11)27(41)17-18(28(30)42)24(38)16-15(23(17)37)12(33)7-13(44-2)22(16)36;1-37-12-6-11(29)14-15(19(12)30)21(32)17-16(20(14)31)23(34)26(24(17)35)3-2-8-4-9-5-10(7-28)27-25(36)13(9)22(33)18(8)26/h5-8,20-21,26,32,34-35,39-42H,3-4H2,1-2H3,(H,31,43);4-7,33-35H,2-3H2,1H3,(H,27,36). The van der Waals surface area contributed by atoms with Gasteiger partial charge in [0, 0.05) is 23.3 Å². The van der Waals surface area contributed by atoms with E-state index in [2.05, 4.69) is 9.97 Å². The minimum Gasteiger partial charge on any atom is -0.510 e. The molecule has 0 aliphatic heterocycles. The van der Waals surface area contributed by atoms with Crippen molar-refractivity contribution in [3.63, 3.8) is 0 Å². The van der Waals surface area contributed by atoms with Crippen molar-refractivity contribution in [2.24, 2.45) is 0 Å². The molecular weight excluding hydrogens is 1070 g/mol. The smallest absolute Gasteiger partial charge is 0.260 e. The molecule has 0 bridgehead atoms. The van der Waals surface area contributed by atoms with Crippen LogP contribution in [0.2, 0.25) is 0 Å². The number of aromatic nitrogens is 2. The number of pyridine rings is 2. The van der Waals surface area contributed by atoms with Crippen molar-refractivity contribution in [3.05, 3.63) is 214 Å². The molecule has 412 valence electrons. The van der Waals surface area contributed by atoms with Crippen LogP contribution in [0.4, 0.5) is 0 Å². The van der Waals surface area contributed by atoms with Gasteiger partial charge in [0.15, 0.2) is 28.6 Å². The van der Waals surface area contributed by atoms with Gasteiger partial charge >= 0.3 is 0 Å². The number of rotatable bonds is 7. The first kappa shape index (κ1) is 53.1. The molecule has 81 heavy (non-hydrogen) atoms. The van der Waals surface area contributed by atoms with E-state index in [9.17, 15) is 104 Å². The predicted octanol–water partition coefficient (Wildman–Crippen LogP) is -5.02. The summed E-state index contributed by atoms with van der Waals surface area (Å²) < 4.78 is 9.72. The van der Waals surface area contributed by atoms with Crippen molar-refractivity contribution in [1.29, 1.82) is 0 Å². The third-order valence-electron chi connectivity index (χ3n) is 16.2. The molecule has 0 amide bonds. The monoisotopic (exact) mass is 1110 g/mol. The van der Waals surface area contributed by atoms with E-state index in [0.29, 0.717) is 11.8 Å². The topological polar surface area (TPSA) is 440 Å². The van der Waals surface area contributed by atoms with Gasteiger partial charge in [-0.15, -0.1) is 0 Å². The van der Waals surface area contributed by atoms with E-state index in [-0.39, 0.29) is 75.3 Å². The molecule has 25 heteroatoms. The number of carbonyl (C=O) groups is 1. The molecule has 6 atom stereocenters. The zero-order valence-electron chi connectivity index (χ0n) is 42.0. The third-order valence-corrected chi connectivity index (χ3v) is 16.2. The van der Waals surface area contributed by atoms with E-state index in [0.717, 1.165) is 26.4 Å². The number of phenolic OH excluding ortho intramolecular Hbond substituents is 2. The molecule has 0 saturated heterocycles. The fourth-order valence-electron chi connectivity index (χ4n) is 12.4. The van der Waals surface area contributed by atoms with Crippen LogP contribution in [0.15, 0.2) is 84.3 Å². The Morgan fingerprint density at radius 1 is 0.494 bits per heavy atom. The summed E-state index contributed by atoms with van der Waals surface area (Å²) in [5, 5.41) is 103. The predicted molar refractivity (Wildman–Crippen MR) is 281 cm³/mol. The minimum atomic E-state index is -2.08. The maximum absolute atomic E-state index is 13.6. The number of fused-ring (bicyclic) bond motifs is 8. The van der Waals surface area contributed by atoms with Gasteiger partial charge in [0.25, 0.3) is 11.1 Å². The van der Waals surface area contributed by atoms with E-state index in [1.807, 2.05) is 0 Å². The van der Waals surface area contributed by atoms with Crippen molar-refractivity contribution in [1.82, 2.24) is 9.97 Å². The fraction of sp³-hybridized carbons (Fsp3) is 0.232. The van der Waals surface area contributed by atoms with Gasteiger partial charge in [0.1, 0.15) is 63.7 Å². The quantitative estimate of drug-likeness (QED) is 0.0665. The zero-order chi connectivity index (χ0) is 58.7. The Hall–Kier alpha value is -9.95. The second kappa shape index (κ2) is 17.8. The molecule has 25 nitrogen and oxygen atoms in total. The number of hydrogen-bond donors (Lipinski definition) is 12. The summed E-state index contributed by atoms with van der Waals surface area (Å²) in [6.07, 6.45) is -6.63. The third kappa shape index (κ3) is 6.70. The lowest BCUT2D eigenvalue weighted by molar-refractivity contribution is -0.102. The first-order chi connectivity index (χ1) is 38.3. The molecule has 8 aliphatic rings. The van der Waals surface area contributed by atoms with Crippen LogP contribution in [0.25, 0.3) is 44.6 Å². The highest BCUT2D eigenvalue weighted by Gasteiger charge is 2.55. The minimum absolute atomic E-state index is 0.0300. The molecule has 2 heterocycles. The number of aldehydes is 1. The van der Waals surface area contributed by atoms with Crippen LogP contribution in [0.5, 0.6) is 23.0 Å². The van der Waals surface area contributed by atoms with Crippen molar-refractivity contribution >= 4 is 50.9 Å². The molecule has 2 spiro atoms. The fourth-order valence-corrected chi connectivity index (χ4v) is 12.4. The number of hydrogen-bond acceptors (Lipinski definition) is 23. The molecule has 2 aromatic carbocycles. The van der Waals surface area contributed by atoms with Crippen molar-refractivity contribution < 1.29 is 65.3 Å². The molecule has 2 aromatic heterocycles. The van der Waals surface area contributed by atoms with Crippen molar-refractivity contribution in [2.75, 3.05) is 14.2 Å². The lowest BCUT2D eigenvalue weighted by atomic mass is 9.78. The summed E-state index contributed by atoms with van der Waals surface area (Å²) in [5.41, 5.74) is -14.5. The largest absolute Gasteiger partial charge is 0.510 e. The summed E-state index contributed by atoms with van der Waals surface area (Å²) in [7, 11) is 2.20. The van der Waals surface area contributed by atoms with Gasteiger partial charge in [0.05, 0.1) is 84.2 Å². The van der Waals surface area contributed by atoms with Gasteiger partial charge in [-0.3, -0.25) is 52.7 Å². The highest BCUT2D eigenvalue weighted by atomic mass is 16.5. The van der Waals surface area contributed by atoms with Crippen LogP contribution in [0.1, 0.15) is 64.3 Å². The number of aryl methyl sites for hydroxylation is 2. The van der Waals surface area contributed by atoms with Gasteiger partial charge in [-0.1, -0.05) is 12.1 Å². The molecule has 0 saturated carbocycles. The summed E-state index contributed by atoms with van der Waals surface area (Å²) in [4.78, 5) is 147. The van der Waals surface area contributed by atoms with Crippen LogP contribution in [-0.2, 0) is 23.7 Å². The second-order valence-corrected chi connectivity index (χ2v) is 20.2. The number of aromatic amines is 2.